The van der Waals surface area contributed by atoms with Crippen molar-refractivity contribution >= 4 is 22.5 Å². The van der Waals surface area contributed by atoms with Crippen molar-refractivity contribution in [3.8, 4) is 5.75 Å². The lowest BCUT2D eigenvalue weighted by atomic mass is 9.45. The summed E-state index contributed by atoms with van der Waals surface area (Å²) >= 11 is 0. The molecule has 8 nitrogen and oxygen atoms in total. The molecule has 1 unspecified atom stereocenters. The SMILES string of the molecule is COc1ccc(CCn2cnc3cc(NC(=NC4C[C@@H]5C[C@H]([C@@H]4C)C5(C)C)N4C[C@@H](C)O[C@@H](C)C4)ccc3c2=O)c(F)c1. The molecule has 9 heteroatoms. The first-order valence-electron chi connectivity index (χ1n) is 15.6. The lowest BCUT2D eigenvalue weighted by molar-refractivity contribution is -0.108. The van der Waals surface area contributed by atoms with E-state index in [1.165, 1.54) is 19.6 Å². The highest BCUT2D eigenvalue weighted by Gasteiger charge is 2.56. The Kier molecular flexibility index (Phi) is 7.96. The van der Waals surface area contributed by atoms with Crippen molar-refractivity contribution in [3.05, 3.63) is 64.5 Å². The molecule has 7 rings (SSSR count). The van der Waals surface area contributed by atoms with Crippen LogP contribution in [0, 0.1) is 29.0 Å². The summed E-state index contributed by atoms with van der Waals surface area (Å²) in [4.78, 5) is 25.6. The summed E-state index contributed by atoms with van der Waals surface area (Å²) in [6.07, 6.45) is 4.57. The van der Waals surface area contributed by atoms with Crippen LogP contribution in [0.2, 0.25) is 0 Å². The third-order valence-electron chi connectivity index (χ3n) is 10.3. The zero-order valence-electron chi connectivity index (χ0n) is 26.1. The molecular weight excluding hydrogens is 545 g/mol. The maximum absolute atomic E-state index is 14.4. The van der Waals surface area contributed by atoms with Gasteiger partial charge in [-0.25, -0.2) is 14.4 Å². The highest BCUT2D eigenvalue weighted by molar-refractivity contribution is 5.96. The number of guanidine groups is 1. The Morgan fingerprint density at radius 2 is 1.91 bits per heavy atom. The van der Waals surface area contributed by atoms with Gasteiger partial charge in [0, 0.05) is 31.4 Å². The molecule has 3 aliphatic carbocycles. The summed E-state index contributed by atoms with van der Waals surface area (Å²) in [7, 11) is 1.51. The molecule has 3 saturated carbocycles. The molecule has 1 saturated heterocycles. The van der Waals surface area contributed by atoms with Crippen LogP contribution in [0.15, 0.2) is 52.5 Å². The third-order valence-corrected chi connectivity index (χ3v) is 10.3. The maximum atomic E-state index is 14.4. The molecule has 1 aromatic heterocycles. The van der Waals surface area contributed by atoms with E-state index in [2.05, 4.69) is 49.8 Å². The fraction of sp³-hybridized carbons (Fsp3) is 0.559. The number of aliphatic imine (C=N–C) groups is 1. The number of hydrogen-bond acceptors (Lipinski definition) is 5. The van der Waals surface area contributed by atoms with Crippen molar-refractivity contribution in [1.29, 1.82) is 0 Å². The lowest BCUT2D eigenvalue weighted by Crippen LogP contribution is -2.57. The lowest BCUT2D eigenvalue weighted by Gasteiger charge is -2.61. The molecule has 1 aliphatic heterocycles. The zero-order chi connectivity index (χ0) is 30.5. The number of aryl methyl sites for hydroxylation is 2. The molecule has 230 valence electrons. The standard InChI is InChI=1S/C34H44FN5O3/c1-20-17-40(18-21(2)43-20)33(38-30-14-24-13-28(22(30)3)34(24,4)5)37-25-8-10-27-31(15-25)36-19-39(32(27)41)12-11-23-7-9-26(42-6)16-29(23)35/h7-10,15-16,19-22,24,28,30H,11-14,17-18H2,1-6H3,(H,37,38)/t20-,21+,22-,24-,28+,30?/m0/s1. The summed E-state index contributed by atoms with van der Waals surface area (Å²) in [5.74, 6) is 2.94. The number of halogens is 1. The van der Waals surface area contributed by atoms with Gasteiger partial charge in [0.2, 0.25) is 0 Å². The van der Waals surface area contributed by atoms with E-state index in [0.717, 1.165) is 37.1 Å². The molecule has 2 heterocycles. The first-order valence-corrected chi connectivity index (χ1v) is 15.6. The van der Waals surface area contributed by atoms with Crippen LogP contribution in [-0.2, 0) is 17.7 Å². The van der Waals surface area contributed by atoms with Crippen LogP contribution in [0.4, 0.5) is 10.1 Å². The summed E-state index contributed by atoms with van der Waals surface area (Å²) in [6, 6.07) is 10.7. The number of fused-ring (bicyclic) bond motifs is 3. The van der Waals surface area contributed by atoms with Crippen LogP contribution >= 0.6 is 0 Å². The Hall–Kier alpha value is -3.46. The van der Waals surface area contributed by atoms with E-state index in [0.29, 0.717) is 52.4 Å². The predicted octanol–water partition coefficient (Wildman–Crippen LogP) is 5.73. The minimum Gasteiger partial charge on any atom is -0.497 e. The molecule has 0 radical (unpaired) electrons. The average molecular weight is 590 g/mol. The van der Waals surface area contributed by atoms with Crippen LogP contribution in [0.25, 0.3) is 10.9 Å². The number of hydrogen-bond donors (Lipinski definition) is 1. The van der Waals surface area contributed by atoms with Crippen molar-refractivity contribution < 1.29 is 13.9 Å². The van der Waals surface area contributed by atoms with Gasteiger partial charge in [0.15, 0.2) is 5.96 Å². The Labute approximate surface area is 253 Å². The minimum absolute atomic E-state index is 0.106. The second kappa shape index (κ2) is 11.6. The van der Waals surface area contributed by atoms with Gasteiger partial charge in [0.05, 0.1) is 42.6 Å². The Morgan fingerprint density at radius 1 is 1.14 bits per heavy atom. The van der Waals surface area contributed by atoms with E-state index in [-0.39, 0.29) is 29.6 Å². The molecular formula is C34H44FN5O3. The van der Waals surface area contributed by atoms with Crippen LogP contribution in [0.5, 0.6) is 5.75 Å². The van der Waals surface area contributed by atoms with Gasteiger partial charge in [0.1, 0.15) is 11.6 Å². The van der Waals surface area contributed by atoms with Gasteiger partial charge in [-0.15, -0.1) is 0 Å². The molecule has 1 N–H and O–H groups in total. The van der Waals surface area contributed by atoms with E-state index in [9.17, 15) is 9.18 Å². The molecule has 6 atom stereocenters. The largest absolute Gasteiger partial charge is 0.497 e. The van der Waals surface area contributed by atoms with Crippen molar-refractivity contribution in [3.63, 3.8) is 0 Å². The van der Waals surface area contributed by atoms with Gasteiger partial charge in [-0.2, -0.15) is 0 Å². The number of methoxy groups -OCH3 is 1. The minimum atomic E-state index is -0.346. The van der Waals surface area contributed by atoms with Gasteiger partial charge in [-0.1, -0.05) is 26.8 Å². The quantitative estimate of drug-likeness (QED) is 0.292. The van der Waals surface area contributed by atoms with E-state index in [1.54, 1.807) is 23.0 Å². The fourth-order valence-corrected chi connectivity index (χ4v) is 7.62. The first kappa shape index (κ1) is 29.6. The average Bonchev–Trinajstić information content (AvgIpc) is 2.97. The number of nitrogens with one attached hydrogen (secondary N) is 1. The normalized spacial score (nSPS) is 28.4. The Morgan fingerprint density at radius 3 is 2.58 bits per heavy atom. The number of benzene rings is 2. The number of morpholine rings is 1. The number of anilines is 1. The van der Waals surface area contributed by atoms with Crippen molar-refractivity contribution in [1.82, 2.24) is 14.5 Å². The molecule has 0 amide bonds. The highest BCUT2D eigenvalue weighted by atomic mass is 19.1. The number of rotatable bonds is 6. The van der Waals surface area contributed by atoms with E-state index >= 15 is 0 Å². The van der Waals surface area contributed by atoms with Crippen LogP contribution in [0.1, 0.15) is 53.0 Å². The molecule has 2 aromatic carbocycles. The summed E-state index contributed by atoms with van der Waals surface area (Å²) in [5.41, 5.74) is 2.24. The molecule has 0 spiro atoms. The van der Waals surface area contributed by atoms with Crippen LogP contribution < -0.4 is 15.6 Å². The highest BCUT2D eigenvalue weighted by Crippen LogP contribution is 2.61. The first-order chi connectivity index (χ1) is 20.5. The Balaban J connectivity index is 1.23. The second-order valence-electron chi connectivity index (χ2n) is 13.4. The molecule has 4 fully saturated rings. The molecule has 43 heavy (non-hydrogen) atoms. The molecule has 2 bridgehead atoms. The summed E-state index contributed by atoms with van der Waals surface area (Å²) < 4.78 is 27.1. The topological polar surface area (TPSA) is 81.0 Å². The van der Waals surface area contributed by atoms with Gasteiger partial charge in [-0.05, 0) is 86.1 Å². The summed E-state index contributed by atoms with van der Waals surface area (Å²) in [6.45, 7) is 13.3. The van der Waals surface area contributed by atoms with Crippen LogP contribution in [0.3, 0.4) is 0 Å². The maximum Gasteiger partial charge on any atom is 0.261 e. The predicted molar refractivity (Wildman–Crippen MR) is 168 cm³/mol. The molecule has 3 aromatic rings. The second-order valence-corrected chi connectivity index (χ2v) is 13.4. The number of nitrogens with zero attached hydrogens (tertiary/aromatic N) is 4. The zero-order valence-corrected chi connectivity index (χ0v) is 26.1. The van der Waals surface area contributed by atoms with Crippen molar-refractivity contribution in [2.75, 3.05) is 25.5 Å². The third kappa shape index (κ3) is 5.76. The summed E-state index contributed by atoms with van der Waals surface area (Å²) in [5, 5.41) is 4.14. The smallest absolute Gasteiger partial charge is 0.261 e. The number of aromatic nitrogens is 2. The molecule has 4 aliphatic rings. The van der Waals surface area contributed by atoms with Crippen LogP contribution in [-0.4, -0.2) is 58.9 Å². The van der Waals surface area contributed by atoms with E-state index in [1.807, 2.05) is 18.2 Å². The van der Waals surface area contributed by atoms with E-state index < -0.39 is 0 Å². The fourth-order valence-electron chi connectivity index (χ4n) is 7.62. The Bertz CT molecular complexity index is 1580. The monoisotopic (exact) mass is 589 g/mol. The van der Waals surface area contributed by atoms with Crippen molar-refractivity contribution in [2.45, 2.75) is 78.7 Å². The van der Waals surface area contributed by atoms with Gasteiger partial charge >= 0.3 is 0 Å². The number of ether oxygens (including phenoxy) is 2. The van der Waals surface area contributed by atoms with Gasteiger partial charge < -0.3 is 19.7 Å². The van der Waals surface area contributed by atoms with Gasteiger partial charge in [-0.3, -0.25) is 9.36 Å². The van der Waals surface area contributed by atoms with Crippen molar-refractivity contribution in [2.24, 2.45) is 28.2 Å². The van der Waals surface area contributed by atoms with Gasteiger partial charge in [0.25, 0.3) is 5.56 Å². The van der Waals surface area contributed by atoms with E-state index in [4.69, 9.17) is 14.5 Å².